The maximum absolute atomic E-state index is 12.8. The maximum Gasteiger partial charge on any atom is 0.264 e. The molecule has 0 fully saturated rings. The Morgan fingerprint density at radius 1 is 0.968 bits per heavy atom. The van der Waals surface area contributed by atoms with Crippen LogP contribution in [0.4, 0.5) is 5.69 Å². The van der Waals surface area contributed by atoms with E-state index in [-0.39, 0.29) is 23.5 Å². The van der Waals surface area contributed by atoms with Crippen LogP contribution in [0.1, 0.15) is 10.4 Å². The van der Waals surface area contributed by atoms with E-state index in [1.54, 1.807) is 24.3 Å². The van der Waals surface area contributed by atoms with E-state index in [0.29, 0.717) is 29.4 Å². The normalized spacial score (nSPS) is 15.2. The monoisotopic (exact) mass is 438 g/mol. The van der Waals surface area contributed by atoms with Crippen molar-refractivity contribution in [3.63, 3.8) is 0 Å². The number of carbonyl (C=O) groups excluding carboxylic acids is 1. The Bertz CT molecular complexity index is 1160. The third kappa shape index (κ3) is 4.49. The minimum atomic E-state index is -3.73. The zero-order valence-corrected chi connectivity index (χ0v) is 17.7. The second kappa shape index (κ2) is 8.69. The molecule has 0 aliphatic carbocycles. The second-order valence-corrected chi connectivity index (χ2v) is 9.01. The number of nitrogens with one attached hydrogen (secondary N) is 1. The van der Waals surface area contributed by atoms with Crippen LogP contribution in [0, 0.1) is 0 Å². The molecule has 4 rings (SSSR count). The summed E-state index contributed by atoms with van der Waals surface area (Å²) in [6.45, 7) is 0.601. The van der Waals surface area contributed by atoms with Crippen LogP contribution < -0.4 is 19.1 Å². The molecule has 0 radical (unpaired) electrons. The van der Waals surface area contributed by atoms with Gasteiger partial charge in [0.25, 0.3) is 15.9 Å². The minimum absolute atomic E-state index is 0.107. The Kier molecular flexibility index (Phi) is 5.81. The fraction of sp³-hybridized carbons (Fsp3) is 0.174. The van der Waals surface area contributed by atoms with Crippen molar-refractivity contribution in [3.8, 4) is 11.5 Å². The summed E-state index contributed by atoms with van der Waals surface area (Å²) in [5, 5.41) is 2.80. The van der Waals surface area contributed by atoms with E-state index in [2.05, 4.69) is 5.32 Å². The van der Waals surface area contributed by atoms with Gasteiger partial charge in [-0.15, -0.1) is 0 Å². The molecule has 0 bridgehead atoms. The quantitative estimate of drug-likeness (QED) is 0.639. The highest BCUT2D eigenvalue weighted by molar-refractivity contribution is 7.92. The Balaban J connectivity index is 1.38. The van der Waals surface area contributed by atoms with Gasteiger partial charge in [-0.1, -0.05) is 30.3 Å². The summed E-state index contributed by atoms with van der Waals surface area (Å²) < 4.78 is 38.4. The van der Waals surface area contributed by atoms with Gasteiger partial charge in [0.15, 0.2) is 11.5 Å². The summed E-state index contributed by atoms with van der Waals surface area (Å²) in [6, 6.07) is 22.0. The van der Waals surface area contributed by atoms with Gasteiger partial charge >= 0.3 is 0 Å². The Hall–Kier alpha value is -3.52. The van der Waals surface area contributed by atoms with E-state index in [0.717, 1.165) is 0 Å². The molecule has 1 heterocycles. The number of hydrogen-bond acceptors (Lipinski definition) is 5. The lowest BCUT2D eigenvalue weighted by atomic mass is 10.2. The van der Waals surface area contributed by atoms with E-state index in [1.807, 2.05) is 30.3 Å². The van der Waals surface area contributed by atoms with E-state index in [4.69, 9.17) is 9.47 Å². The molecule has 1 atom stereocenters. The number of fused-ring (bicyclic) bond motifs is 1. The summed E-state index contributed by atoms with van der Waals surface area (Å²) in [4.78, 5) is 12.6. The number of anilines is 1. The average Bonchev–Trinajstić information content (AvgIpc) is 2.82. The van der Waals surface area contributed by atoms with E-state index in [1.165, 1.54) is 35.6 Å². The molecule has 7 nitrogen and oxygen atoms in total. The highest BCUT2D eigenvalue weighted by Gasteiger charge is 2.23. The van der Waals surface area contributed by atoms with Gasteiger partial charge in [-0.05, 0) is 48.5 Å². The topological polar surface area (TPSA) is 84.9 Å². The number of sulfonamides is 1. The number of benzene rings is 3. The lowest BCUT2D eigenvalue weighted by Crippen LogP contribution is -2.40. The highest BCUT2D eigenvalue weighted by Crippen LogP contribution is 2.30. The van der Waals surface area contributed by atoms with Gasteiger partial charge in [0, 0.05) is 12.6 Å². The predicted octanol–water partition coefficient (Wildman–Crippen LogP) is 3.08. The van der Waals surface area contributed by atoms with Crippen molar-refractivity contribution < 1.29 is 22.7 Å². The zero-order valence-electron chi connectivity index (χ0n) is 16.9. The largest absolute Gasteiger partial charge is 0.486 e. The van der Waals surface area contributed by atoms with Crippen LogP contribution >= 0.6 is 0 Å². The summed E-state index contributed by atoms with van der Waals surface area (Å²) in [5.74, 6) is 1.01. The first-order valence-electron chi connectivity index (χ1n) is 9.76. The number of para-hydroxylation sites is 3. The molecular weight excluding hydrogens is 416 g/mol. The zero-order chi connectivity index (χ0) is 21.8. The molecule has 31 heavy (non-hydrogen) atoms. The van der Waals surface area contributed by atoms with E-state index in [9.17, 15) is 13.2 Å². The molecule has 1 N–H and O–H groups in total. The van der Waals surface area contributed by atoms with Crippen LogP contribution in [0.5, 0.6) is 11.5 Å². The van der Waals surface area contributed by atoms with Crippen LogP contribution in [-0.2, 0) is 10.0 Å². The van der Waals surface area contributed by atoms with Gasteiger partial charge in [0.2, 0.25) is 0 Å². The molecule has 0 saturated heterocycles. The molecule has 8 heteroatoms. The molecule has 1 amide bonds. The minimum Gasteiger partial charge on any atom is -0.486 e. The van der Waals surface area contributed by atoms with Crippen LogP contribution in [0.15, 0.2) is 83.8 Å². The first-order chi connectivity index (χ1) is 14.9. The fourth-order valence-electron chi connectivity index (χ4n) is 3.19. The number of nitrogens with zero attached hydrogens (tertiary/aromatic N) is 1. The van der Waals surface area contributed by atoms with Gasteiger partial charge in [-0.2, -0.15) is 0 Å². The lowest BCUT2D eigenvalue weighted by Gasteiger charge is -2.26. The fourth-order valence-corrected chi connectivity index (χ4v) is 4.38. The predicted molar refractivity (Wildman–Crippen MR) is 117 cm³/mol. The number of amides is 1. The molecule has 0 unspecified atom stereocenters. The molecular formula is C23H22N2O5S. The average molecular weight is 439 g/mol. The van der Waals surface area contributed by atoms with Gasteiger partial charge in [-0.25, -0.2) is 8.42 Å². The molecule has 0 saturated carbocycles. The molecule has 1 aliphatic rings. The number of hydrogen-bond donors (Lipinski definition) is 1. The van der Waals surface area contributed by atoms with Crippen molar-refractivity contribution in [1.82, 2.24) is 5.32 Å². The smallest absolute Gasteiger partial charge is 0.264 e. The highest BCUT2D eigenvalue weighted by atomic mass is 32.2. The van der Waals surface area contributed by atoms with Gasteiger partial charge in [-0.3, -0.25) is 9.10 Å². The SMILES string of the molecule is CN(c1ccccc1)S(=O)(=O)c1ccc(C(=O)NC[C@@H]2COc3ccccc3O2)cc1. The molecule has 3 aromatic carbocycles. The first-order valence-corrected chi connectivity index (χ1v) is 11.2. The van der Waals surface area contributed by atoms with Crippen molar-refractivity contribution in [2.45, 2.75) is 11.0 Å². The summed E-state index contributed by atoms with van der Waals surface area (Å²) in [5.41, 5.74) is 0.916. The standard InChI is InChI=1S/C23H22N2O5S/c1-25(18-7-3-2-4-8-18)31(27,28)20-13-11-17(12-14-20)23(26)24-15-19-16-29-21-9-5-6-10-22(21)30-19/h2-14,19H,15-16H2,1H3,(H,24,26)/t19-/m1/s1. The van der Waals surface area contributed by atoms with Gasteiger partial charge in [0.1, 0.15) is 12.7 Å². The maximum atomic E-state index is 12.8. The van der Waals surface area contributed by atoms with E-state index >= 15 is 0 Å². The first kappa shape index (κ1) is 20.7. The molecule has 160 valence electrons. The van der Waals surface area contributed by atoms with Crippen molar-refractivity contribution in [3.05, 3.63) is 84.4 Å². The summed E-state index contributed by atoms with van der Waals surface area (Å²) in [6.07, 6.45) is -0.307. The van der Waals surface area contributed by atoms with Crippen molar-refractivity contribution in [2.75, 3.05) is 24.5 Å². The Labute approximate surface area is 181 Å². The number of rotatable bonds is 6. The van der Waals surface area contributed by atoms with E-state index < -0.39 is 10.0 Å². The third-order valence-corrected chi connectivity index (χ3v) is 6.75. The number of ether oxygens (including phenoxy) is 2. The Morgan fingerprint density at radius 3 is 2.32 bits per heavy atom. The van der Waals surface area contributed by atoms with Crippen LogP contribution in [0.3, 0.4) is 0 Å². The summed E-state index contributed by atoms with van der Waals surface area (Å²) >= 11 is 0. The summed E-state index contributed by atoms with van der Waals surface area (Å²) in [7, 11) is -2.23. The molecule has 1 aliphatic heterocycles. The number of carbonyl (C=O) groups is 1. The Morgan fingerprint density at radius 2 is 1.61 bits per heavy atom. The van der Waals surface area contributed by atoms with Crippen molar-refractivity contribution in [1.29, 1.82) is 0 Å². The van der Waals surface area contributed by atoms with Crippen molar-refractivity contribution in [2.24, 2.45) is 0 Å². The second-order valence-electron chi connectivity index (χ2n) is 7.04. The molecule has 0 spiro atoms. The van der Waals surface area contributed by atoms with Crippen LogP contribution in [0.25, 0.3) is 0 Å². The molecule has 3 aromatic rings. The van der Waals surface area contributed by atoms with Crippen molar-refractivity contribution >= 4 is 21.6 Å². The lowest BCUT2D eigenvalue weighted by molar-refractivity contribution is 0.0789. The van der Waals surface area contributed by atoms with Gasteiger partial charge < -0.3 is 14.8 Å². The van der Waals surface area contributed by atoms with Crippen LogP contribution in [-0.4, -0.2) is 40.6 Å². The van der Waals surface area contributed by atoms with Gasteiger partial charge in [0.05, 0.1) is 17.1 Å². The molecule has 0 aromatic heterocycles. The van der Waals surface area contributed by atoms with Crippen LogP contribution in [0.2, 0.25) is 0 Å². The third-order valence-electron chi connectivity index (χ3n) is 4.95.